The topological polar surface area (TPSA) is 39.9 Å². The summed E-state index contributed by atoms with van der Waals surface area (Å²) in [5, 5.41) is 0. The van der Waals surface area contributed by atoms with Gasteiger partial charge in [0.2, 0.25) is 0 Å². The Kier molecular flexibility index (Phi) is 6.38. The van der Waals surface area contributed by atoms with Gasteiger partial charge in [-0.25, -0.2) is 0 Å². The second-order valence-electron chi connectivity index (χ2n) is 10.0. The molecule has 0 radical (unpaired) electrons. The van der Waals surface area contributed by atoms with E-state index in [0.29, 0.717) is 6.04 Å². The molecular formula is C27H37N3O2. The van der Waals surface area contributed by atoms with Crippen LogP contribution in [0.25, 0.3) is 0 Å². The number of carbonyl (C=O) groups excluding carboxylic acids is 1. The first-order chi connectivity index (χ1) is 15.6. The molecule has 0 N–H and O–H groups in total. The Labute approximate surface area is 192 Å². The van der Waals surface area contributed by atoms with E-state index >= 15 is 0 Å². The maximum absolute atomic E-state index is 13.6. The van der Waals surface area contributed by atoms with Crippen LogP contribution >= 0.6 is 0 Å². The van der Waals surface area contributed by atoms with Crippen LogP contribution in [0.15, 0.2) is 28.7 Å². The molecular weight excluding hydrogens is 398 g/mol. The van der Waals surface area contributed by atoms with Gasteiger partial charge in [0.15, 0.2) is 0 Å². The van der Waals surface area contributed by atoms with Crippen molar-refractivity contribution in [3.8, 4) is 0 Å². The van der Waals surface area contributed by atoms with Gasteiger partial charge in [-0.3, -0.25) is 9.69 Å². The van der Waals surface area contributed by atoms with Crippen LogP contribution in [0.2, 0.25) is 0 Å². The normalized spacial score (nSPS) is 21.0. The molecule has 1 aromatic heterocycles. The quantitative estimate of drug-likeness (QED) is 0.707. The minimum atomic E-state index is 0.182. The van der Waals surface area contributed by atoms with Crippen LogP contribution in [0.4, 0.5) is 0 Å². The third-order valence-electron chi connectivity index (χ3n) is 7.70. The molecule has 0 saturated carbocycles. The summed E-state index contributed by atoms with van der Waals surface area (Å²) in [5.74, 6) is 2.01. The Morgan fingerprint density at radius 2 is 1.69 bits per heavy atom. The van der Waals surface area contributed by atoms with Crippen molar-refractivity contribution in [2.45, 2.75) is 71.5 Å². The molecule has 2 aromatic rings. The maximum atomic E-state index is 13.6. The number of hydrogen-bond acceptors (Lipinski definition) is 4. The van der Waals surface area contributed by atoms with Crippen LogP contribution < -0.4 is 0 Å². The summed E-state index contributed by atoms with van der Waals surface area (Å²) in [7, 11) is 0. The molecule has 0 spiro atoms. The van der Waals surface area contributed by atoms with Crippen molar-refractivity contribution in [3.05, 3.63) is 58.0 Å². The van der Waals surface area contributed by atoms with Crippen molar-refractivity contribution < 1.29 is 9.21 Å². The fraction of sp³-hybridized carbons (Fsp3) is 0.593. The van der Waals surface area contributed by atoms with E-state index in [2.05, 4.69) is 45.9 Å². The van der Waals surface area contributed by atoms with Crippen LogP contribution in [-0.4, -0.2) is 59.4 Å². The van der Waals surface area contributed by atoms with Crippen molar-refractivity contribution in [1.82, 2.24) is 14.7 Å². The van der Waals surface area contributed by atoms with Crippen molar-refractivity contribution in [1.29, 1.82) is 0 Å². The van der Waals surface area contributed by atoms with Crippen LogP contribution in [-0.2, 0) is 19.5 Å². The van der Waals surface area contributed by atoms with Crippen molar-refractivity contribution in [3.63, 3.8) is 0 Å². The van der Waals surface area contributed by atoms with Crippen molar-refractivity contribution in [2.75, 3.05) is 32.7 Å². The summed E-state index contributed by atoms with van der Waals surface area (Å²) < 4.78 is 6.10. The van der Waals surface area contributed by atoms with E-state index in [1.54, 1.807) is 0 Å². The maximum Gasteiger partial charge on any atom is 0.257 e. The molecule has 32 heavy (non-hydrogen) atoms. The van der Waals surface area contributed by atoms with Gasteiger partial charge in [0.05, 0.1) is 5.56 Å². The fourth-order valence-electron chi connectivity index (χ4n) is 5.82. The number of fused-ring (bicyclic) bond motifs is 1. The lowest BCUT2D eigenvalue weighted by molar-refractivity contribution is 0.0586. The van der Waals surface area contributed by atoms with Gasteiger partial charge in [0.1, 0.15) is 11.5 Å². The summed E-state index contributed by atoms with van der Waals surface area (Å²) in [4.78, 5) is 20.8. The zero-order valence-electron chi connectivity index (χ0n) is 19.7. The van der Waals surface area contributed by atoms with Crippen molar-refractivity contribution in [2.24, 2.45) is 0 Å². The Hall–Kier alpha value is -2.11. The molecule has 2 fully saturated rings. The Balaban J connectivity index is 1.25. The van der Waals surface area contributed by atoms with Gasteiger partial charge in [-0.1, -0.05) is 36.2 Å². The molecule has 3 aliphatic heterocycles. The third-order valence-corrected chi connectivity index (χ3v) is 7.70. The average molecular weight is 436 g/mol. The van der Waals surface area contributed by atoms with Gasteiger partial charge in [0.25, 0.3) is 5.91 Å². The fourth-order valence-corrected chi connectivity index (χ4v) is 5.82. The van der Waals surface area contributed by atoms with E-state index < -0.39 is 0 Å². The highest BCUT2D eigenvalue weighted by molar-refractivity contribution is 5.97. The number of furan rings is 1. The number of amides is 1. The lowest BCUT2D eigenvalue weighted by Gasteiger charge is -2.40. The average Bonchev–Trinajstić information content (AvgIpc) is 3.16. The second-order valence-corrected chi connectivity index (χ2v) is 10.0. The summed E-state index contributed by atoms with van der Waals surface area (Å²) in [6.07, 6.45) is 7.12. The highest BCUT2D eigenvalue weighted by Crippen LogP contribution is 2.31. The Morgan fingerprint density at radius 1 is 0.969 bits per heavy atom. The van der Waals surface area contributed by atoms with Gasteiger partial charge in [0, 0.05) is 50.7 Å². The summed E-state index contributed by atoms with van der Waals surface area (Å²) in [6, 6.07) is 9.43. The van der Waals surface area contributed by atoms with Gasteiger partial charge >= 0.3 is 0 Å². The first kappa shape index (κ1) is 21.7. The van der Waals surface area contributed by atoms with E-state index in [9.17, 15) is 4.79 Å². The zero-order valence-corrected chi connectivity index (χ0v) is 19.7. The predicted octanol–water partition coefficient (Wildman–Crippen LogP) is 4.55. The van der Waals surface area contributed by atoms with Crippen LogP contribution in [0, 0.1) is 13.8 Å². The van der Waals surface area contributed by atoms with Crippen LogP contribution in [0.3, 0.4) is 0 Å². The number of likely N-dealkylation sites (tertiary alicyclic amines) is 2. The lowest BCUT2D eigenvalue weighted by Crippen LogP contribution is -2.48. The predicted molar refractivity (Wildman–Crippen MR) is 127 cm³/mol. The molecule has 5 nitrogen and oxygen atoms in total. The van der Waals surface area contributed by atoms with E-state index in [1.165, 1.54) is 43.5 Å². The summed E-state index contributed by atoms with van der Waals surface area (Å²) in [6.45, 7) is 11.0. The molecule has 1 amide bonds. The minimum absolute atomic E-state index is 0.182. The summed E-state index contributed by atoms with van der Waals surface area (Å²) in [5.41, 5.74) is 4.58. The van der Waals surface area contributed by atoms with E-state index in [-0.39, 0.29) is 5.91 Å². The number of rotatable bonds is 4. The van der Waals surface area contributed by atoms with Gasteiger partial charge in [-0.15, -0.1) is 0 Å². The largest absolute Gasteiger partial charge is 0.465 e. The van der Waals surface area contributed by atoms with Gasteiger partial charge in [-0.2, -0.15) is 0 Å². The Bertz CT molecular complexity index is 935. The molecule has 5 heteroatoms. The van der Waals surface area contributed by atoms with E-state index in [4.69, 9.17) is 4.42 Å². The Morgan fingerprint density at radius 3 is 2.41 bits per heavy atom. The zero-order chi connectivity index (χ0) is 22.1. The number of piperidine rings is 2. The highest BCUT2D eigenvalue weighted by Gasteiger charge is 2.33. The summed E-state index contributed by atoms with van der Waals surface area (Å²) >= 11 is 0. The molecule has 0 aliphatic carbocycles. The molecule has 2 saturated heterocycles. The van der Waals surface area contributed by atoms with Crippen molar-refractivity contribution >= 4 is 5.91 Å². The molecule has 4 heterocycles. The first-order valence-electron chi connectivity index (χ1n) is 12.5. The number of hydrogen-bond donors (Lipinski definition) is 0. The molecule has 5 rings (SSSR count). The minimum Gasteiger partial charge on any atom is -0.465 e. The second kappa shape index (κ2) is 9.40. The molecule has 1 aromatic carbocycles. The molecule has 0 atom stereocenters. The smallest absolute Gasteiger partial charge is 0.257 e. The molecule has 3 aliphatic rings. The number of carbonyl (C=O) groups is 1. The van der Waals surface area contributed by atoms with Crippen LogP contribution in [0.5, 0.6) is 0 Å². The SMILES string of the molecule is Cc1ccc(CN2CCc3oc(C)c(C(=O)N4CCC(N5CCCCC5)CC4)c3C2)cc1. The van der Waals surface area contributed by atoms with Gasteiger partial charge < -0.3 is 14.2 Å². The number of benzene rings is 1. The first-order valence-corrected chi connectivity index (χ1v) is 12.5. The monoisotopic (exact) mass is 435 g/mol. The van der Waals surface area contributed by atoms with Crippen LogP contribution in [0.1, 0.15) is 70.7 Å². The van der Waals surface area contributed by atoms with E-state index in [0.717, 1.165) is 74.6 Å². The highest BCUT2D eigenvalue weighted by atomic mass is 16.3. The molecule has 172 valence electrons. The molecule has 0 bridgehead atoms. The lowest BCUT2D eigenvalue weighted by atomic mass is 9.97. The van der Waals surface area contributed by atoms with E-state index in [1.807, 2.05) is 6.92 Å². The third kappa shape index (κ3) is 4.51. The number of nitrogens with zero attached hydrogens (tertiary/aromatic N) is 3. The van der Waals surface area contributed by atoms with Gasteiger partial charge in [-0.05, 0) is 58.2 Å². The standard InChI is InChI=1S/C27H37N3O2/c1-20-6-8-22(9-7-20)18-28-15-12-25-24(19-28)26(21(2)32-25)27(31)30-16-10-23(11-17-30)29-13-4-3-5-14-29/h6-9,23H,3-5,10-19H2,1-2H3. The molecule has 0 unspecified atom stereocenters. The number of aryl methyl sites for hydroxylation is 2.